The Morgan fingerprint density at radius 2 is 2.24 bits per heavy atom. The molecule has 1 aromatic heterocycles. The number of nitrogens with zero attached hydrogens (tertiary/aromatic N) is 1. The van der Waals surface area contributed by atoms with Gasteiger partial charge in [-0.3, -0.25) is 9.78 Å². The van der Waals surface area contributed by atoms with Crippen molar-refractivity contribution in [1.82, 2.24) is 4.98 Å². The molecule has 1 aliphatic rings. The fourth-order valence-electron chi connectivity index (χ4n) is 2.50. The molecule has 0 unspecified atom stereocenters. The fourth-order valence-corrected chi connectivity index (χ4v) is 4.32. The number of aromatic nitrogens is 1. The van der Waals surface area contributed by atoms with Crippen LogP contribution < -0.4 is 0 Å². The van der Waals surface area contributed by atoms with E-state index >= 15 is 0 Å². The second kappa shape index (κ2) is 5.97. The first-order valence-corrected chi connectivity index (χ1v) is 8.66. The molecular formula is C16H16BrNO2S. The summed E-state index contributed by atoms with van der Waals surface area (Å²) in [7, 11) is 0. The van der Waals surface area contributed by atoms with E-state index in [-0.39, 0.29) is 5.97 Å². The first kappa shape index (κ1) is 14.9. The highest BCUT2D eigenvalue weighted by Gasteiger charge is 2.46. The Morgan fingerprint density at radius 1 is 1.43 bits per heavy atom. The van der Waals surface area contributed by atoms with Crippen LogP contribution >= 0.6 is 27.7 Å². The van der Waals surface area contributed by atoms with Crippen LogP contribution in [0.1, 0.15) is 26.2 Å². The van der Waals surface area contributed by atoms with Gasteiger partial charge in [-0.1, -0.05) is 22.0 Å². The maximum absolute atomic E-state index is 12.3. The van der Waals surface area contributed by atoms with Gasteiger partial charge in [0.15, 0.2) is 0 Å². The van der Waals surface area contributed by atoms with Crippen LogP contribution in [0.3, 0.4) is 0 Å². The lowest BCUT2D eigenvalue weighted by atomic mass is 9.84. The number of hydrogen-bond donors (Lipinski definition) is 0. The van der Waals surface area contributed by atoms with E-state index in [2.05, 4.69) is 20.9 Å². The van der Waals surface area contributed by atoms with Gasteiger partial charge in [0.2, 0.25) is 0 Å². The molecule has 0 aliphatic heterocycles. The molecule has 1 aliphatic carbocycles. The molecule has 2 aromatic rings. The summed E-state index contributed by atoms with van der Waals surface area (Å²) < 4.78 is 5.87. The standard InChI is InChI=1S/C16H16BrNO2S/c1-2-20-15(19)16(7-3-8-16)21-14-6-9-18-13-10-11(17)4-5-12(13)14/h4-6,9-10H,2-3,7-8H2,1H3. The van der Waals surface area contributed by atoms with Gasteiger partial charge in [-0.15, -0.1) is 11.8 Å². The largest absolute Gasteiger partial charge is 0.465 e. The average Bonchev–Trinajstić information content (AvgIpc) is 2.42. The summed E-state index contributed by atoms with van der Waals surface area (Å²) >= 11 is 5.10. The van der Waals surface area contributed by atoms with Gasteiger partial charge < -0.3 is 4.74 Å². The molecule has 5 heteroatoms. The first-order chi connectivity index (χ1) is 10.1. The molecule has 1 heterocycles. The smallest absolute Gasteiger partial charge is 0.322 e. The van der Waals surface area contributed by atoms with Gasteiger partial charge in [0.05, 0.1) is 12.1 Å². The number of esters is 1. The zero-order valence-corrected chi connectivity index (χ0v) is 14.2. The SMILES string of the molecule is CCOC(=O)C1(Sc2ccnc3cc(Br)ccc23)CCC1. The lowest BCUT2D eigenvalue weighted by Gasteiger charge is -2.38. The molecule has 0 N–H and O–H groups in total. The van der Waals surface area contributed by atoms with E-state index in [0.29, 0.717) is 6.61 Å². The topological polar surface area (TPSA) is 39.2 Å². The predicted molar refractivity (Wildman–Crippen MR) is 88.5 cm³/mol. The molecule has 0 atom stereocenters. The molecule has 1 saturated carbocycles. The molecule has 1 aromatic carbocycles. The Bertz CT molecular complexity index is 685. The highest BCUT2D eigenvalue weighted by Crippen LogP contribution is 2.49. The van der Waals surface area contributed by atoms with Crippen LogP contribution in [0.4, 0.5) is 0 Å². The highest BCUT2D eigenvalue weighted by molar-refractivity contribution is 9.10. The second-order valence-corrected chi connectivity index (χ2v) is 7.48. The van der Waals surface area contributed by atoms with E-state index in [4.69, 9.17) is 4.74 Å². The van der Waals surface area contributed by atoms with Gasteiger partial charge in [-0.25, -0.2) is 0 Å². The zero-order valence-electron chi connectivity index (χ0n) is 11.8. The number of benzene rings is 1. The molecular weight excluding hydrogens is 350 g/mol. The minimum atomic E-state index is -0.405. The first-order valence-electron chi connectivity index (χ1n) is 7.05. The molecule has 3 nitrogen and oxygen atoms in total. The summed E-state index contributed by atoms with van der Waals surface area (Å²) in [6, 6.07) is 8.04. The number of ether oxygens (including phenoxy) is 1. The van der Waals surface area contributed by atoms with Crippen LogP contribution in [0.5, 0.6) is 0 Å². The summed E-state index contributed by atoms with van der Waals surface area (Å²) in [6.07, 6.45) is 4.66. The van der Waals surface area contributed by atoms with Gasteiger partial charge in [-0.2, -0.15) is 0 Å². The summed E-state index contributed by atoms with van der Waals surface area (Å²) in [5.41, 5.74) is 0.938. The number of carbonyl (C=O) groups excluding carboxylic acids is 1. The Kier molecular flexibility index (Phi) is 4.22. The van der Waals surface area contributed by atoms with Crippen LogP contribution in [0.25, 0.3) is 10.9 Å². The normalized spacial score (nSPS) is 16.5. The molecule has 110 valence electrons. The molecule has 0 saturated heterocycles. The van der Waals surface area contributed by atoms with E-state index in [1.165, 1.54) is 0 Å². The van der Waals surface area contributed by atoms with Crippen molar-refractivity contribution in [3.8, 4) is 0 Å². The molecule has 0 amide bonds. The quantitative estimate of drug-likeness (QED) is 0.743. The monoisotopic (exact) mass is 365 g/mol. The number of halogens is 1. The maximum Gasteiger partial charge on any atom is 0.322 e. The van der Waals surface area contributed by atoms with Crippen molar-refractivity contribution in [3.63, 3.8) is 0 Å². The Balaban J connectivity index is 1.95. The molecule has 1 fully saturated rings. The van der Waals surface area contributed by atoms with Crippen LogP contribution in [0.2, 0.25) is 0 Å². The van der Waals surface area contributed by atoms with Gasteiger partial charge >= 0.3 is 5.97 Å². The lowest BCUT2D eigenvalue weighted by molar-refractivity contribution is -0.148. The maximum atomic E-state index is 12.3. The zero-order chi connectivity index (χ0) is 14.9. The van der Waals surface area contributed by atoms with E-state index in [1.807, 2.05) is 31.2 Å². The van der Waals surface area contributed by atoms with Crippen LogP contribution in [-0.4, -0.2) is 22.3 Å². The third-order valence-corrected chi connectivity index (χ3v) is 5.81. The van der Waals surface area contributed by atoms with Crippen molar-refractivity contribution in [2.24, 2.45) is 0 Å². The van der Waals surface area contributed by atoms with E-state index in [0.717, 1.165) is 39.5 Å². The van der Waals surface area contributed by atoms with Gasteiger partial charge in [0.1, 0.15) is 4.75 Å². The molecule has 3 rings (SSSR count). The van der Waals surface area contributed by atoms with Crippen molar-refractivity contribution < 1.29 is 9.53 Å². The number of fused-ring (bicyclic) bond motifs is 1. The van der Waals surface area contributed by atoms with Gasteiger partial charge in [0.25, 0.3) is 0 Å². The number of hydrogen-bond acceptors (Lipinski definition) is 4. The second-order valence-electron chi connectivity index (χ2n) is 5.14. The average molecular weight is 366 g/mol. The van der Waals surface area contributed by atoms with E-state index < -0.39 is 4.75 Å². The van der Waals surface area contributed by atoms with Crippen molar-refractivity contribution >= 4 is 44.6 Å². The summed E-state index contributed by atoms with van der Waals surface area (Å²) in [6.45, 7) is 2.29. The van der Waals surface area contributed by atoms with Gasteiger partial charge in [0, 0.05) is 21.0 Å². The molecule has 0 spiro atoms. The van der Waals surface area contributed by atoms with Crippen molar-refractivity contribution in [2.75, 3.05) is 6.61 Å². The third kappa shape index (κ3) is 2.81. The molecule has 0 radical (unpaired) electrons. The number of thioether (sulfide) groups is 1. The third-order valence-electron chi connectivity index (χ3n) is 3.78. The van der Waals surface area contributed by atoms with Crippen molar-refractivity contribution in [2.45, 2.75) is 35.8 Å². The Morgan fingerprint density at radius 3 is 2.90 bits per heavy atom. The summed E-state index contributed by atoms with van der Waals surface area (Å²) in [4.78, 5) is 17.8. The molecule has 21 heavy (non-hydrogen) atoms. The fraction of sp³-hybridized carbons (Fsp3) is 0.375. The summed E-state index contributed by atoms with van der Waals surface area (Å²) in [5.74, 6) is -0.0803. The highest BCUT2D eigenvalue weighted by atomic mass is 79.9. The number of pyridine rings is 1. The Labute approximate surface area is 136 Å². The van der Waals surface area contributed by atoms with E-state index in [9.17, 15) is 4.79 Å². The van der Waals surface area contributed by atoms with Crippen LogP contribution in [0.15, 0.2) is 39.8 Å². The number of rotatable bonds is 4. The van der Waals surface area contributed by atoms with Crippen molar-refractivity contribution in [3.05, 3.63) is 34.9 Å². The molecule has 0 bridgehead atoms. The summed E-state index contributed by atoms with van der Waals surface area (Å²) in [5, 5.41) is 1.08. The predicted octanol–water partition coefficient (Wildman–Crippen LogP) is 4.58. The number of carbonyl (C=O) groups is 1. The lowest BCUT2D eigenvalue weighted by Crippen LogP contribution is -2.43. The minimum Gasteiger partial charge on any atom is -0.465 e. The Hall–Kier alpha value is -1.07. The van der Waals surface area contributed by atoms with Gasteiger partial charge in [-0.05, 0) is 44.4 Å². The van der Waals surface area contributed by atoms with Crippen LogP contribution in [0, 0.1) is 0 Å². The minimum absolute atomic E-state index is 0.0803. The van der Waals surface area contributed by atoms with Crippen molar-refractivity contribution in [1.29, 1.82) is 0 Å². The van der Waals surface area contributed by atoms with E-state index in [1.54, 1.807) is 18.0 Å². The van der Waals surface area contributed by atoms with Crippen LogP contribution in [-0.2, 0) is 9.53 Å².